The quantitative estimate of drug-likeness (QED) is 0.325. The molecule has 1 aliphatic rings. The predicted octanol–water partition coefficient (Wildman–Crippen LogP) is 5.47. The van der Waals surface area contributed by atoms with Gasteiger partial charge in [-0.3, -0.25) is 9.59 Å². The number of Topliss-reactive ketones (excluding diaryl/α,β-unsaturated/α-hetero) is 1. The summed E-state index contributed by atoms with van der Waals surface area (Å²) in [5, 5.41) is 4.03. The second kappa shape index (κ2) is 9.40. The summed E-state index contributed by atoms with van der Waals surface area (Å²) in [5.74, 6) is -0.0644. The first kappa shape index (κ1) is 21.1. The first-order valence-electron chi connectivity index (χ1n) is 10.8. The maximum Gasteiger partial charge on any atom is 0.270 e. The summed E-state index contributed by atoms with van der Waals surface area (Å²) in [7, 11) is 0. The lowest BCUT2D eigenvalue weighted by Crippen LogP contribution is -2.38. The highest BCUT2D eigenvalue weighted by atomic mass is 32.1. The van der Waals surface area contributed by atoms with Crippen LogP contribution in [0.25, 0.3) is 10.2 Å². The second-order valence-electron chi connectivity index (χ2n) is 7.98. The van der Waals surface area contributed by atoms with Crippen LogP contribution in [0.5, 0.6) is 0 Å². The minimum atomic E-state index is -0.0573. The fourth-order valence-electron chi connectivity index (χ4n) is 4.19. The van der Waals surface area contributed by atoms with E-state index in [2.05, 4.69) is 6.07 Å². The number of fused-ring (bicyclic) bond motifs is 1. The van der Waals surface area contributed by atoms with Crippen LogP contribution in [0.1, 0.15) is 38.6 Å². The van der Waals surface area contributed by atoms with Gasteiger partial charge in [0.1, 0.15) is 5.69 Å². The Bertz CT molecular complexity index is 1200. The Hall–Kier alpha value is -2.74. The topological polar surface area (TPSA) is 51.5 Å². The molecule has 164 valence electrons. The van der Waals surface area contributed by atoms with Gasteiger partial charge in [-0.25, -0.2) is 0 Å². The van der Waals surface area contributed by atoms with Crippen molar-refractivity contribution in [3.05, 3.63) is 81.5 Å². The SMILES string of the molecule is O=C(Cn1c(C(=O)N(Cc2cccs2)C[C@@H]2CCCO2)cc2sccc21)c1ccccc1. The normalized spacial score (nSPS) is 15.9. The molecule has 1 aromatic carbocycles. The Morgan fingerprint density at radius 2 is 1.94 bits per heavy atom. The van der Waals surface area contributed by atoms with Crippen molar-refractivity contribution in [3.63, 3.8) is 0 Å². The van der Waals surface area contributed by atoms with E-state index in [-0.39, 0.29) is 24.3 Å². The molecule has 5 nitrogen and oxygen atoms in total. The number of hydrogen-bond acceptors (Lipinski definition) is 5. The van der Waals surface area contributed by atoms with Crippen LogP contribution >= 0.6 is 22.7 Å². The molecule has 1 aliphatic heterocycles. The molecule has 0 bridgehead atoms. The van der Waals surface area contributed by atoms with Gasteiger partial charge in [0.05, 0.1) is 29.4 Å². The third-order valence-electron chi connectivity index (χ3n) is 5.80. The zero-order valence-corrected chi connectivity index (χ0v) is 19.2. The van der Waals surface area contributed by atoms with Gasteiger partial charge in [-0.05, 0) is 41.8 Å². The van der Waals surface area contributed by atoms with Crippen molar-refractivity contribution in [2.45, 2.75) is 32.0 Å². The summed E-state index contributed by atoms with van der Waals surface area (Å²) in [4.78, 5) is 29.8. The molecule has 5 rings (SSSR count). The van der Waals surface area contributed by atoms with E-state index in [9.17, 15) is 9.59 Å². The van der Waals surface area contributed by atoms with Gasteiger partial charge in [-0.2, -0.15) is 0 Å². The van der Waals surface area contributed by atoms with E-state index in [0.29, 0.717) is 24.3 Å². The van der Waals surface area contributed by atoms with E-state index >= 15 is 0 Å². The van der Waals surface area contributed by atoms with E-state index in [1.54, 1.807) is 22.7 Å². The predicted molar refractivity (Wildman–Crippen MR) is 129 cm³/mol. The monoisotopic (exact) mass is 464 g/mol. The molecule has 1 atom stereocenters. The zero-order valence-electron chi connectivity index (χ0n) is 17.6. The number of ether oxygens (including phenoxy) is 1. The van der Waals surface area contributed by atoms with E-state index in [1.165, 1.54) is 0 Å². The molecule has 1 fully saturated rings. The summed E-state index contributed by atoms with van der Waals surface area (Å²) < 4.78 is 8.73. The first-order valence-corrected chi connectivity index (χ1v) is 12.5. The van der Waals surface area contributed by atoms with Crippen molar-refractivity contribution >= 4 is 44.6 Å². The number of ketones is 1. The molecule has 7 heteroatoms. The molecule has 3 aromatic heterocycles. The van der Waals surface area contributed by atoms with Gasteiger partial charge in [0.2, 0.25) is 0 Å². The van der Waals surface area contributed by atoms with Crippen molar-refractivity contribution in [2.24, 2.45) is 0 Å². The van der Waals surface area contributed by atoms with Crippen LogP contribution in [0.4, 0.5) is 0 Å². The lowest BCUT2D eigenvalue weighted by molar-refractivity contribution is 0.0502. The zero-order chi connectivity index (χ0) is 21.9. The molecule has 1 saturated heterocycles. The highest BCUT2D eigenvalue weighted by Crippen LogP contribution is 2.28. The van der Waals surface area contributed by atoms with Crippen molar-refractivity contribution < 1.29 is 14.3 Å². The van der Waals surface area contributed by atoms with E-state index < -0.39 is 0 Å². The molecule has 0 N–H and O–H groups in total. The Balaban J connectivity index is 1.47. The Morgan fingerprint density at radius 3 is 2.69 bits per heavy atom. The molecule has 0 radical (unpaired) electrons. The van der Waals surface area contributed by atoms with Crippen LogP contribution in [0.15, 0.2) is 65.4 Å². The molecule has 4 aromatic rings. The average molecular weight is 465 g/mol. The summed E-state index contributed by atoms with van der Waals surface area (Å²) in [6.45, 7) is 1.99. The van der Waals surface area contributed by atoms with Crippen LogP contribution in [0.3, 0.4) is 0 Å². The first-order chi connectivity index (χ1) is 15.7. The van der Waals surface area contributed by atoms with Gasteiger partial charge in [0.15, 0.2) is 5.78 Å². The summed E-state index contributed by atoms with van der Waals surface area (Å²) in [5.41, 5.74) is 2.14. The number of thiophene rings is 2. The van der Waals surface area contributed by atoms with Gasteiger partial charge in [-0.1, -0.05) is 36.4 Å². The maximum atomic E-state index is 13.8. The largest absolute Gasteiger partial charge is 0.376 e. The molecule has 0 unspecified atom stereocenters. The smallest absolute Gasteiger partial charge is 0.270 e. The summed E-state index contributed by atoms with van der Waals surface area (Å²) >= 11 is 3.23. The Labute approximate surface area is 194 Å². The number of rotatable bonds is 8. The minimum absolute atomic E-state index is 0.00715. The molecule has 4 heterocycles. The maximum absolute atomic E-state index is 13.8. The highest BCUT2D eigenvalue weighted by molar-refractivity contribution is 7.17. The molecule has 0 spiro atoms. The third kappa shape index (κ3) is 4.41. The van der Waals surface area contributed by atoms with Crippen LogP contribution < -0.4 is 0 Å². The summed E-state index contributed by atoms with van der Waals surface area (Å²) in [6.07, 6.45) is 2.06. The molecular weight excluding hydrogens is 440 g/mol. The van der Waals surface area contributed by atoms with Gasteiger partial charge < -0.3 is 14.2 Å². The standard InChI is InChI=1S/C25H24N2O3S2/c28-23(18-6-2-1-3-7-18)17-27-21-10-13-32-24(21)14-22(27)25(29)26(15-19-8-4-11-30-19)16-20-9-5-12-31-20/h1-3,5-7,9-10,12-14,19H,4,8,11,15-17H2/t19-/m0/s1. The fraction of sp³-hybridized carbons (Fsp3) is 0.280. The lowest BCUT2D eigenvalue weighted by atomic mass is 10.1. The van der Waals surface area contributed by atoms with Crippen LogP contribution in [0, 0.1) is 0 Å². The van der Waals surface area contributed by atoms with Gasteiger partial charge >= 0.3 is 0 Å². The van der Waals surface area contributed by atoms with Gasteiger partial charge in [0, 0.05) is 23.6 Å². The van der Waals surface area contributed by atoms with Gasteiger partial charge in [-0.15, -0.1) is 22.7 Å². The van der Waals surface area contributed by atoms with E-state index in [1.807, 2.05) is 68.8 Å². The summed E-state index contributed by atoms with van der Waals surface area (Å²) in [6, 6.07) is 17.2. The van der Waals surface area contributed by atoms with Crippen molar-refractivity contribution in [2.75, 3.05) is 13.2 Å². The fourth-order valence-corrected chi connectivity index (χ4v) is 5.73. The molecule has 32 heavy (non-hydrogen) atoms. The van der Waals surface area contributed by atoms with E-state index in [4.69, 9.17) is 4.74 Å². The van der Waals surface area contributed by atoms with Crippen molar-refractivity contribution in [1.82, 2.24) is 9.47 Å². The van der Waals surface area contributed by atoms with Crippen LogP contribution in [-0.2, 0) is 17.8 Å². The van der Waals surface area contributed by atoms with Crippen molar-refractivity contribution in [3.8, 4) is 0 Å². The number of carbonyl (C=O) groups excluding carboxylic acids is 2. The van der Waals surface area contributed by atoms with Gasteiger partial charge in [0.25, 0.3) is 5.91 Å². The number of hydrogen-bond donors (Lipinski definition) is 0. The van der Waals surface area contributed by atoms with Crippen LogP contribution in [-0.4, -0.2) is 40.4 Å². The molecule has 1 amide bonds. The highest BCUT2D eigenvalue weighted by Gasteiger charge is 2.27. The molecular formula is C25H24N2O3S2. The Morgan fingerprint density at radius 1 is 1.06 bits per heavy atom. The minimum Gasteiger partial charge on any atom is -0.376 e. The number of nitrogens with zero attached hydrogens (tertiary/aromatic N) is 2. The molecule has 0 aliphatic carbocycles. The number of aromatic nitrogens is 1. The van der Waals surface area contributed by atoms with Crippen LogP contribution in [0.2, 0.25) is 0 Å². The van der Waals surface area contributed by atoms with Crippen molar-refractivity contribution in [1.29, 1.82) is 0 Å². The Kier molecular flexibility index (Phi) is 6.21. The molecule has 0 saturated carbocycles. The number of amides is 1. The third-order valence-corrected chi connectivity index (χ3v) is 7.52. The van der Waals surface area contributed by atoms with E-state index in [0.717, 1.165) is 34.5 Å². The number of carbonyl (C=O) groups is 2. The number of benzene rings is 1. The lowest BCUT2D eigenvalue weighted by Gasteiger charge is -2.25. The average Bonchev–Trinajstić information content (AvgIpc) is 3.61. The second-order valence-corrected chi connectivity index (χ2v) is 9.96.